The molecule has 0 unspecified atom stereocenters. The molecule has 0 bridgehead atoms. The maximum Gasteiger partial charge on any atom is 0.323 e. The fourth-order valence-electron chi connectivity index (χ4n) is 1.67. The van der Waals surface area contributed by atoms with Crippen LogP contribution in [-0.4, -0.2) is 15.6 Å². The lowest BCUT2D eigenvalue weighted by Gasteiger charge is -2.07. The molecule has 98 valence electrons. The van der Waals surface area contributed by atoms with Crippen LogP contribution in [0.25, 0.3) is 11.1 Å². The van der Waals surface area contributed by atoms with E-state index in [9.17, 15) is 9.59 Å². The number of rotatable bonds is 3. The van der Waals surface area contributed by atoms with Crippen LogP contribution in [0.2, 0.25) is 5.02 Å². The van der Waals surface area contributed by atoms with Gasteiger partial charge in [0.2, 0.25) is 0 Å². The Balaban J connectivity index is 2.47. The summed E-state index contributed by atoms with van der Waals surface area (Å²) in [5.74, 6) is -1.06. The highest BCUT2D eigenvalue weighted by Crippen LogP contribution is 2.29. The van der Waals surface area contributed by atoms with Gasteiger partial charge < -0.3 is 9.67 Å². The number of pyridine rings is 1. The van der Waals surface area contributed by atoms with Crippen LogP contribution in [0.4, 0.5) is 0 Å². The fraction of sp³-hybridized carbons (Fsp3) is 0.0769. The molecule has 0 amide bonds. The van der Waals surface area contributed by atoms with Crippen LogP contribution >= 0.6 is 27.5 Å². The molecule has 0 fully saturated rings. The topological polar surface area (TPSA) is 59.3 Å². The predicted molar refractivity (Wildman–Crippen MR) is 76.5 cm³/mol. The number of halogens is 2. The van der Waals surface area contributed by atoms with E-state index in [1.54, 1.807) is 24.3 Å². The first kappa shape index (κ1) is 13.8. The molecule has 0 radical (unpaired) electrons. The molecule has 0 spiro atoms. The van der Waals surface area contributed by atoms with Crippen molar-refractivity contribution in [2.24, 2.45) is 0 Å². The average molecular weight is 343 g/mol. The summed E-state index contributed by atoms with van der Waals surface area (Å²) in [5.41, 5.74) is 1.10. The lowest BCUT2D eigenvalue weighted by Crippen LogP contribution is -2.22. The Labute approximate surface area is 122 Å². The van der Waals surface area contributed by atoms with Crippen LogP contribution in [0.1, 0.15) is 0 Å². The van der Waals surface area contributed by atoms with E-state index >= 15 is 0 Å². The molecule has 0 saturated carbocycles. The van der Waals surface area contributed by atoms with Crippen molar-refractivity contribution in [1.29, 1.82) is 0 Å². The third-order valence-corrected chi connectivity index (χ3v) is 3.47. The summed E-state index contributed by atoms with van der Waals surface area (Å²) in [6, 6.07) is 8.34. The largest absolute Gasteiger partial charge is 0.480 e. The van der Waals surface area contributed by atoms with Gasteiger partial charge in [-0.25, -0.2) is 0 Å². The Kier molecular flexibility index (Phi) is 4.07. The molecule has 1 heterocycles. The minimum Gasteiger partial charge on any atom is -0.480 e. The molecule has 19 heavy (non-hydrogen) atoms. The summed E-state index contributed by atoms with van der Waals surface area (Å²) < 4.78 is 1.94. The number of hydrogen-bond acceptors (Lipinski definition) is 2. The molecule has 0 saturated heterocycles. The summed E-state index contributed by atoms with van der Waals surface area (Å²) in [7, 11) is 0. The monoisotopic (exact) mass is 341 g/mol. The van der Waals surface area contributed by atoms with E-state index in [0.29, 0.717) is 10.6 Å². The molecule has 6 heteroatoms. The summed E-state index contributed by atoms with van der Waals surface area (Å²) in [5, 5.41) is 9.24. The normalized spacial score (nSPS) is 10.4. The van der Waals surface area contributed by atoms with Crippen LogP contribution in [0, 0.1) is 0 Å². The van der Waals surface area contributed by atoms with Crippen molar-refractivity contribution in [3.05, 3.63) is 56.4 Å². The van der Waals surface area contributed by atoms with Crippen LogP contribution in [0.15, 0.2) is 45.8 Å². The van der Waals surface area contributed by atoms with Gasteiger partial charge in [-0.2, -0.15) is 0 Å². The molecule has 2 rings (SSSR count). The minimum atomic E-state index is -1.06. The van der Waals surface area contributed by atoms with Crippen LogP contribution < -0.4 is 5.56 Å². The lowest BCUT2D eigenvalue weighted by molar-refractivity contribution is -0.137. The molecule has 0 aliphatic rings. The number of benzene rings is 1. The first-order valence-electron chi connectivity index (χ1n) is 5.35. The second kappa shape index (κ2) is 5.59. The molecule has 1 aromatic heterocycles. The quantitative estimate of drug-likeness (QED) is 0.933. The van der Waals surface area contributed by atoms with Crippen molar-refractivity contribution in [3.8, 4) is 11.1 Å². The van der Waals surface area contributed by atoms with Gasteiger partial charge in [0.25, 0.3) is 5.56 Å². The van der Waals surface area contributed by atoms with E-state index in [4.69, 9.17) is 16.7 Å². The van der Waals surface area contributed by atoms with E-state index in [2.05, 4.69) is 15.9 Å². The van der Waals surface area contributed by atoms with Crippen LogP contribution in [-0.2, 0) is 11.3 Å². The summed E-state index contributed by atoms with van der Waals surface area (Å²) >= 11 is 9.31. The Bertz CT molecular complexity index is 697. The molecule has 0 aliphatic carbocycles. The highest BCUT2D eigenvalue weighted by atomic mass is 79.9. The number of nitrogens with zero attached hydrogens (tertiary/aromatic N) is 1. The average Bonchev–Trinajstić information content (AvgIpc) is 2.34. The number of aliphatic carboxylic acids is 1. The van der Waals surface area contributed by atoms with Crippen molar-refractivity contribution in [2.75, 3.05) is 0 Å². The van der Waals surface area contributed by atoms with Gasteiger partial charge in [-0.3, -0.25) is 9.59 Å². The van der Waals surface area contributed by atoms with Crippen LogP contribution in [0.3, 0.4) is 0 Å². The Morgan fingerprint density at radius 1 is 1.32 bits per heavy atom. The van der Waals surface area contributed by atoms with Crippen LogP contribution in [0.5, 0.6) is 0 Å². The van der Waals surface area contributed by atoms with Crippen molar-refractivity contribution in [1.82, 2.24) is 4.57 Å². The third kappa shape index (κ3) is 3.24. The van der Waals surface area contributed by atoms with Crippen molar-refractivity contribution >= 4 is 33.5 Å². The summed E-state index contributed by atoms with van der Waals surface area (Å²) in [4.78, 5) is 22.4. The highest BCUT2D eigenvalue weighted by molar-refractivity contribution is 9.10. The second-order valence-corrected chi connectivity index (χ2v) is 5.19. The van der Waals surface area contributed by atoms with Gasteiger partial charge in [0.1, 0.15) is 6.54 Å². The SMILES string of the molecule is O=C(O)Cn1ccc(-c2cc(Cl)ccc2Br)cc1=O. The molecular formula is C13H9BrClNO3. The predicted octanol–water partition coefficient (Wildman–Crippen LogP) is 3.02. The van der Waals surface area contributed by atoms with Gasteiger partial charge in [-0.1, -0.05) is 27.5 Å². The molecule has 4 nitrogen and oxygen atoms in total. The third-order valence-electron chi connectivity index (χ3n) is 2.54. The van der Waals surface area contributed by atoms with Gasteiger partial charge >= 0.3 is 5.97 Å². The zero-order valence-electron chi connectivity index (χ0n) is 9.64. The van der Waals surface area contributed by atoms with Crippen molar-refractivity contribution < 1.29 is 9.90 Å². The smallest absolute Gasteiger partial charge is 0.323 e. The van der Waals surface area contributed by atoms with Gasteiger partial charge in [-0.05, 0) is 35.4 Å². The van der Waals surface area contributed by atoms with E-state index in [-0.39, 0.29) is 12.1 Å². The Morgan fingerprint density at radius 3 is 2.68 bits per heavy atom. The molecule has 2 aromatic rings. The minimum absolute atomic E-state index is 0.351. The maximum absolute atomic E-state index is 11.8. The molecule has 1 aromatic carbocycles. The fourth-order valence-corrected chi connectivity index (χ4v) is 2.32. The molecular weight excluding hydrogens is 334 g/mol. The van der Waals surface area contributed by atoms with Crippen molar-refractivity contribution in [3.63, 3.8) is 0 Å². The van der Waals surface area contributed by atoms with Gasteiger partial charge in [0, 0.05) is 21.8 Å². The standard InChI is InChI=1S/C13H9BrClNO3/c14-11-2-1-9(15)6-10(11)8-3-4-16(7-13(18)19)12(17)5-8/h1-6H,7H2,(H,18,19). The Morgan fingerprint density at radius 2 is 2.05 bits per heavy atom. The molecule has 0 atom stereocenters. The number of carboxylic acids is 1. The zero-order valence-corrected chi connectivity index (χ0v) is 12.0. The van der Waals surface area contributed by atoms with E-state index in [0.717, 1.165) is 14.6 Å². The first-order valence-corrected chi connectivity index (χ1v) is 6.52. The number of hydrogen-bond donors (Lipinski definition) is 1. The Hall–Kier alpha value is -1.59. The molecule has 1 N–H and O–H groups in total. The van der Waals surface area contributed by atoms with Gasteiger partial charge in [0.15, 0.2) is 0 Å². The molecule has 0 aliphatic heterocycles. The first-order chi connectivity index (χ1) is 8.97. The number of carbonyl (C=O) groups is 1. The maximum atomic E-state index is 11.8. The van der Waals surface area contributed by atoms with E-state index < -0.39 is 5.97 Å². The van der Waals surface area contributed by atoms with Gasteiger partial charge in [0.05, 0.1) is 0 Å². The zero-order chi connectivity index (χ0) is 14.0. The van der Waals surface area contributed by atoms with Gasteiger partial charge in [-0.15, -0.1) is 0 Å². The summed E-state index contributed by atoms with van der Waals surface area (Å²) in [6.07, 6.45) is 1.46. The van der Waals surface area contributed by atoms with E-state index in [1.165, 1.54) is 12.3 Å². The number of carboxylic acid groups (broad SMARTS) is 1. The number of aromatic nitrogens is 1. The highest BCUT2D eigenvalue weighted by Gasteiger charge is 2.07. The second-order valence-electron chi connectivity index (χ2n) is 3.90. The van der Waals surface area contributed by atoms with E-state index in [1.807, 2.05) is 0 Å². The van der Waals surface area contributed by atoms with Crippen molar-refractivity contribution in [2.45, 2.75) is 6.54 Å². The lowest BCUT2D eigenvalue weighted by atomic mass is 10.1. The summed E-state index contributed by atoms with van der Waals surface area (Å²) in [6.45, 7) is -0.351.